The van der Waals surface area contributed by atoms with E-state index < -0.39 is 12.0 Å². The molecule has 2 rings (SSSR count). The Balaban J connectivity index is 2.01. The van der Waals surface area contributed by atoms with Crippen molar-refractivity contribution in [2.45, 2.75) is 18.9 Å². The van der Waals surface area contributed by atoms with E-state index in [-0.39, 0.29) is 5.91 Å². The highest BCUT2D eigenvalue weighted by atomic mass is 16.3. The van der Waals surface area contributed by atoms with Crippen molar-refractivity contribution in [2.75, 3.05) is 13.1 Å². The van der Waals surface area contributed by atoms with E-state index in [4.69, 9.17) is 5.26 Å². The van der Waals surface area contributed by atoms with E-state index in [1.165, 1.54) is 0 Å². The summed E-state index contributed by atoms with van der Waals surface area (Å²) in [5.41, 5.74) is 0.983. The Hall–Kier alpha value is -1.86. The number of hydrogen-bond acceptors (Lipinski definition) is 3. The van der Waals surface area contributed by atoms with E-state index in [2.05, 4.69) is 6.07 Å². The standard InChI is InChI=1S/C14H16N2O2/c15-9-12(8-11-4-2-1-3-5-11)14(18)16-7-6-13(17)10-16/h1-5,12-13,17H,6-8,10H2. The summed E-state index contributed by atoms with van der Waals surface area (Å²) in [6.07, 6.45) is 0.600. The van der Waals surface area contributed by atoms with Crippen molar-refractivity contribution < 1.29 is 9.90 Å². The molecule has 1 fully saturated rings. The molecule has 0 aromatic heterocycles. The maximum Gasteiger partial charge on any atom is 0.240 e. The highest BCUT2D eigenvalue weighted by Crippen LogP contribution is 2.16. The van der Waals surface area contributed by atoms with E-state index >= 15 is 0 Å². The van der Waals surface area contributed by atoms with Gasteiger partial charge in [0.25, 0.3) is 0 Å². The average Bonchev–Trinajstić information content (AvgIpc) is 2.83. The number of aliphatic hydroxyl groups is 1. The van der Waals surface area contributed by atoms with Crippen LogP contribution < -0.4 is 0 Å². The number of amides is 1. The third-order valence-corrected chi connectivity index (χ3v) is 3.21. The molecule has 1 heterocycles. The lowest BCUT2D eigenvalue weighted by Gasteiger charge is -2.18. The van der Waals surface area contributed by atoms with Gasteiger partial charge in [-0.05, 0) is 18.4 Å². The summed E-state index contributed by atoms with van der Waals surface area (Å²) in [6.45, 7) is 0.902. The van der Waals surface area contributed by atoms with Crippen LogP contribution in [0.4, 0.5) is 0 Å². The summed E-state index contributed by atoms with van der Waals surface area (Å²) < 4.78 is 0. The predicted molar refractivity (Wildman–Crippen MR) is 66.5 cm³/mol. The zero-order valence-corrected chi connectivity index (χ0v) is 10.1. The van der Waals surface area contributed by atoms with Crippen LogP contribution in [0, 0.1) is 17.2 Å². The minimum atomic E-state index is -0.655. The number of nitriles is 1. The van der Waals surface area contributed by atoms with Crippen molar-refractivity contribution in [3.05, 3.63) is 35.9 Å². The van der Waals surface area contributed by atoms with Crippen molar-refractivity contribution in [3.63, 3.8) is 0 Å². The van der Waals surface area contributed by atoms with Crippen LogP contribution in [-0.2, 0) is 11.2 Å². The van der Waals surface area contributed by atoms with Crippen molar-refractivity contribution in [1.82, 2.24) is 4.90 Å². The van der Waals surface area contributed by atoms with Crippen LogP contribution in [0.1, 0.15) is 12.0 Å². The molecule has 2 unspecified atom stereocenters. The van der Waals surface area contributed by atoms with Gasteiger partial charge in [-0.25, -0.2) is 0 Å². The molecule has 4 heteroatoms. The highest BCUT2D eigenvalue weighted by molar-refractivity contribution is 5.81. The summed E-state index contributed by atoms with van der Waals surface area (Å²) in [5.74, 6) is -0.824. The summed E-state index contributed by atoms with van der Waals surface area (Å²) in [7, 11) is 0. The second kappa shape index (κ2) is 5.65. The summed E-state index contributed by atoms with van der Waals surface area (Å²) >= 11 is 0. The first kappa shape index (κ1) is 12.6. The highest BCUT2D eigenvalue weighted by Gasteiger charge is 2.29. The van der Waals surface area contributed by atoms with Gasteiger partial charge in [0.05, 0.1) is 12.2 Å². The van der Waals surface area contributed by atoms with E-state index in [0.29, 0.717) is 25.9 Å². The third-order valence-electron chi connectivity index (χ3n) is 3.21. The summed E-state index contributed by atoms with van der Waals surface area (Å²) in [6, 6.07) is 11.6. The second-order valence-electron chi connectivity index (χ2n) is 4.60. The van der Waals surface area contributed by atoms with Crippen molar-refractivity contribution in [2.24, 2.45) is 5.92 Å². The first-order valence-electron chi connectivity index (χ1n) is 6.11. The zero-order valence-electron chi connectivity index (χ0n) is 10.1. The van der Waals surface area contributed by atoms with E-state index in [1.807, 2.05) is 30.3 Å². The fourth-order valence-electron chi connectivity index (χ4n) is 2.20. The van der Waals surface area contributed by atoms with Crippen LogP contribution in [0.15, 0.2) is 30.3 Å². The fraction of sp³-hybridized carbons (Fsp3) is 0.429. The van der Waals surface area contributed by atoms with Gasteiger partial charge in [-0.1, -0.05) is 30.3 Å². The van der Waals surface area contributed by atoms with Crippen molar-refractivity contribution >= 4 is 5.91 Å². The molecular formula is C14H16N2O2. The molecule has 1 saturated heterocycles. The Kier molecular flexibility index (Phi) is 3.96. The second-order valence-corrected chi connectivity index (χ2v) is 4.60. The SMILES string of the molecule is N#CC(Cc1ccccc1)C(=O)N1CCC(O)C1. The maximum absolute atomic E-state index is 12.1. The van der Waals surface area contributed by atoms with Crippen LogP contribution in [-0.4, -0.2) is 35.1 Å². The van der Waals surface area contributed by atoms with Gasteiger partial charge in [-0.15, -0.1) is 0 Å². The lowest BCUT2D eigenvalue weighted by Crippen LogP contribution is -2.35. The molecule has 2 atom stereocenters. The third kappa shape index (κ3) is 2.88. The minimum absolute atomic E-state index is 0.169. The van der Waals surface area contributed by atoms with Crippen LogP contribution >= 0.6 is 0 Å². The van der Waals surface area contributed by atoms with Gasteiger partial charge in [-0.2, -0.15) is 5.26 Å². The minimum Gasteiger partial charge on any atom is -0.391 e. The number of carbonyl (C=O) groups excluding carboxylic acids is 1. The van der Waals surface area contributed by atoms with E-state index in [1.54, 1.807) is 4.90 Å². The molecule has 1 aliphatic heterocycles. The van der Waals surface area contributed by atoms with Crippen molar-refractivity contribution in [1.29, 1.82) is 5.26 Å². The topological polar surface area (TPSA) is 64.3 Å². The normalized spacial score (nSPS) is 20.4. The fourth-order valence-corrected chi connectivity index (χ4v) is 2.20. The molecule has 0 spiro atoms. The summed E-state index contributed by atoms with van der Waals surface area (Å²) in [5, 5.41) is 18.5. The first-order chi connectivity index (χ1) is 8.70. The number of likely N-dealkylation sites (tertiary alicyclic amines) is 1. The molecule has 0 saturated carbocycles. The smallest absolute Gasteiger partial charge is 0.240 e. The van der Waals surface area contributed by atoms with Crippen LogP contribution in [0.25, 0.3) is 0 Å². The zero-order chi connectivity index (χ0) is 13.0. The quantitative estimate of drug-likeness (QED) is 0.861. The number of aliphatic hydroxyl groups excluding tert-OH is 1. The molecule has 0 aliphatic carbocycles. The van der Waals surface area contributed by atoms with Crippen LogP contribution in [0.2, 0.25) is 0 Å². The number of rotatable bonds is 3. The van der Waals surface area contributed by atoms with Crippen LogP contribution in [0.3, 0.4) is 0 Å². The van der Waals surface area contributed by atoms with Crippen LogP contribution in [0.5, 0.6) is 0 Å². The molecule has 4 nitrogen and oxygen atoms in total. The molecule has 1 aromatic carbocycles. The van der Waals surface area contributed by atoms with Gasteiger partial charge in [0.15, 0.2) is 0 Å². The number of benzene rings is 1. The van der Waals surface area contributed by atoms with Gasteiger partial charge in [0.1, 0.15) is 5.92 Å². The molecular weight excluding hydrogens is 228 g/mol. The molecule has 1 aliphatic rings. The Bertz CT molecular complexity index is 453. The number of β-amino-alcohol motifs (C(OH)–C–C–N with tert-alkyl or cyclic N) is 1. The lowest BCUT2D eigenvalue weighted by molar-refractivity contribution is -0.133. The van der Waals surface area contributed by atoms with Gasteiger partial charge in [0.2, 0.25) is 5.91 Å². The number of carbonyl (C=O) groups is 1. The van der Waals surface area contributed by atoms with E-state index in [0.717, 1.165) is 5.56 Å². The molecule has 1 aromatic rings. The molecule has 18 heavy (non-hydrogen) atoms. The van der Waals surface area contributed by atoms with Gasteiger partial charge in [0, 0.05) is 13.1 Å². The molecule has 1 amide bonds. The van der Waals surface area contributed by atoms with Crippen molar-refractivity contribution in [3.8, 4) is 6.07 Å². The van der Waals surface area contributed by atoms with E-state index in [9.17, 15) is 9.90 Å². The summed E-state index contributed by atoms with van der Waals surface area (Å²) in [4.78, 5) is 13.7. The molecule has 0 radical (unpaired) electrons. The Morgan fingerprint density at radius 1 is 1.50 bits per heavy atom. The van der Waals surface area contributed by atoms with Gasteiger partial charge in [-0.3, -0.25) is 4.79 Å². The monoisotopic (exact) mass is 244 g/mol. The number of hydrogen-bond donors (Lipinski definition) is 1. The lowest BCUT2D eigenvalue weighted by atomic mass is 9.99. The Morgan fingerprint density at radius 3 is 2.78 bits per heavy atom. The number of nitrogens with zero attached hydrogens (tertiary/aromatic N) is 2. The molecule has 1 N–H and O–H groups in total. The van der Waals surface area contributed by atoms with Gasteiger partial charge >= 0.3 is 0 Å². The maximum atomic E-state index is 12.1. The average molecular weight is 244 g/mol. The Labute approximate surface area is 106 Å². The largest absolute Gasteiger partial charge is 0.391 e. The molecule has 94 valence electrons. The first-order valence-corrected chi connectivity index (χ1v) is 6.11. The molecule has 0 bridgehead atoms. The van der Waals surface area contributed by atoms with Gasteiger partial charge < -0.3 is 10.0 Å². The predicted octanol–water partition coefficient (Wildman–Crippen LogP) is 0.962. The Morgan fingerprint density at radius 2 is 2.22 bits per heavy atom.